The van der Waals surface area contributed by atoms with Crippen LogP contribution in [-0.4, -0.2) is 27.0 Å². The minimum atomic E-state index is -0.745. The Morgan fingerprint density at radius 3 is 2.75 bits per heavy atom. The average Bonchev–Trinajstić information content (AvgIpc) is 2.81. The van der Waals surface area contributed by atoms with Crippen LogP contribution in [0.4, 0.5) is 5.69 Å². The van der Waals surface area contributed by atoms with E-state index < -0.39 is 11.9 Å². The monoisotopic (exact) mass is 437 g/mol. The van der Waals surface area contributed by atoms with Gasteiger partial charge in [-0.15, -0.1) is 0 Å². The van der Waals surface area contributed by atoms with Crippen molar-refractivity contribution in [1.29, 1.82) is 0 Å². The van der Waals surface area contributed by atoms with Crippen molar-refractivity contribution >= 4 is 17.4 Å². The molecule has 2 aliphatic carbocycles. The zero-order valence-corrected chi connectivity index (χ0v) is 18.5. The third-order valence-corrected chi connectivity index (χ3v) is 6.87. The fraction of sp³-hybridized carbons (Fsp3) is 0.520. The van der Waals surface area contributed by atoms with E-state index >= 15 is 0 Å². The number of aromatic nitrogens is 2. The molecular weight excluding hydrogens is 406 g/mol. The molecule has 0 saturated carbocycles. The van der Waals surface area contributed by atoms with Gasteiger partial charge < -0.3 is 5.11 Å². The lowest BCUT2D eigenvalue weighted by Crippen LogP contribution is -2.32. The van der Waals surface area contributed by atoms with Crippen LogP contribution in [0.1, 0.15) is 63.9 Å². The number of hydrogen-bond acceptors (Lipinski definition) is 4. The SMILES string of the molecule is CCCCC1=Nc2c(c(=O)[nH][nH]c2=O)CC1CC1C=CC(C2=CCCCC2C(=O)O)=CC1. The second kappa shape index (κ2) is 9.67. The Morgan fingerprint density at radius 1 is 1.22 bits per heavy atom. The van der Waals surface area contributed by atoms with Crippen molar-refractivity contribution < 1.29 is 9.90 Å². The minimum absolute atomic E-state index is 0.127. The molecule has 7 nitrogen and oxygen atoms in total. The van der Waals surface area contributed by atoms with E-state index in [1.54, 1.807) is 0 Å². The number of fused-ring (bicyclic) bond motifs is 1. The van der Waals surface area contributed by atoms with E-state index in [1.807, 2.05) is 0 Å². The molecule has 0 bridgehead atoms. The van der Waals surface area contributed by atoms with E-state index in [2.05, 4.69) is 46.4 Å². The second-order valence-electron chi connectivity index (χ2n) is 9.07. The number of nitrogens with zero attached hydrogens (tertiary/aromatic N) is 1. The maximum Gasteiger partial charge on any atom is 0.310 e. The van der Waals surface area contributed by atoms with E-state index in [0.717, 1.165) is 61.8 Å². The molecule has 1 aromatic rings. The van der Waals surface area contributed by atoms with Crippen LogP contribution in [-0.2, 0) is 11.2 Å². The van der Waals surface area contributed by atoms with Gasteiger partial charge in [0.15, 0.2) is 0 Å². The molecule has 1 aromatic heterocycles. The number of aromatic amines is 2. The zero-order valence-electron chi connectivity index (χ0n) is 18.5. The first kappa shape index (κ1) is 22.2. The lowest BCUT2D eigenvalue weighted by atomic mass is 9.77. The van der Waals surface area contributed by atoms with Gasteiger partial charge >= 0.3 is 5.97 Å². The van der Waals surface area contributed by atoms with Gasteiger partial charge in [-0.3, -0.25) is 29.6 Å². The number of carbonyl (C=O) groups is 1. The maximum absolute atomic E-state index is 12.3. The van der Waals surface area contributed by atoms with Gasteiger partial charge in [0.2, 0.25) is 0 Å². The Bertz CT molecular complexity index is 1120. The standard InChI is InChI=1S/C25H31N3O4/c1-2-3-8-21-17(14-20-22(26-21)24(30)28-27-23(20)29)13-15-9-11-16(12-10-15)18-6-4-5-7-19(18)25(31)32/h6,9,11-12,15,17,19H,2-5,7-8,10,13-14H2,1H3,(H,27,29)(H,28,30)(H,31,32). The average molecular weight is 438 g/mol. The topological polar surface area (TPSA) is 115 Å². The number of allylic oxidation sites excluding steroid dienone is 5. The Hall–Kier alpha value is -2.96. The summed E-state index contributed by atoms with van der Waals surface area (Å²) in [6.07, 6.45) is 16.1. The summed E-state index contributed by atoms with van der Waals surface area (Å²) in [6, 6.07) is 0. The van der Waals surface area contributed by atoms with E-state index in [0.29, 0.717) is 24.3 Å². The first-order valence-corrected chi connectivity index (χ1v) is 11.7. The van der Waals surface area contributed by atoms with Crippen LogP contribution in [0.5, 0.6) is 0 Å². The largest absolute Gasteiger partial charge is 0.481 e. The number of hydrogen-bond donors (Lipinski definition) is 3. The predicted molar refractivity (Wildman–Crippen MR) is 125 cm³/mol. The molecule has 7 heteroatoms. The van der Waals surface area contributed by atoms with Crippen molar-refractivity contribution in [3.8, 4) is 0 Å². The van der Waals surface area contributed by atoms with Crippen LogP contribution < -0.4 is 11.1 Å². The molecule has 170 valence electrons. The van der Waals surface area contributed by atoms with Gasteiger partial charge in [-0.1, -0.05) is 37.6 Å². The Labute approximate surface area is 187 Å². The van der Waals surface area contributed by atoms with E-state index in [9.17, 15) is 19.5 Å². The smallest absolute Gasteiger partial charge is 0.310 e. The molecule has 0 amide bonds. The quantitative estimate of drug-likeness (QED) is 0.593. The number of aliphatic carboxylic acids is 1. The number of H-pyrrole nitrogens is 2. The number of unbranched alkanes of at least 4 members (excludes halogenated alkanes) is 1. The molecule has 0 saturated heterocycles. The summed E-state index contributed by atoms with van der Waals surface area (Å²) in [5.74, 6) is -0.734. The summed E-state index contributed by atoms with van der Waals surface area (Å²) in [4.78, 5) is 40.8. The molecule has 1 aliphatic heterocycles. The number of nitrogens with one attached hydrogen (secondary N) is 2. The van der Waals surface area contributed by atoms with Crippen molar-refractivity contribution in [3.63, 3.8) is 0 Å². The van der Waals surface area contributed by atoms with Crippen LogP contribution in [0.3, 0.4) is 0 Å². The van der Waals surface area contributed by atoms with Crippen molar-refractivity contribution in [2.75, 3.05) is 0 Å². The maximum atomic E-state index is 12.3. The lowest BCUT2D eigenvalue weighted by Gasteiger charge is -2.28. The second-order valence-corrected chi connectivity index (χ2v) is 9.07. The summed E-state index contributed by atoms with van der Waals surface area (Å²) in [6.45, 7) is 2.13. The van der Waals surface area contributed by atoms with Gasteiger partial charge in [0.05, 0.1) is 11.5 Å². The fourth-order valence-corrected chi connectivity index (χ4v) is 5.11. The Kier molecular flexibility index (Phi) is 6.72. The van der Waals surface area contributed by atoms with Crippen LogP contribution >= 0.6 is 0 Å². The van der Waals surface area contributed by atoms with Gasteiger partial charge in [-0.25, -0.2) is 0 Å². The summed E-state index contributed by atoms with van der Waals surface area (Å²) in [5.41, 5.74) is 3.12. The van der Waals surface area contributed by atoms with Crippen LogP contribution in [0.2, 0.25) is 0 Å². The first-order valence-electron chi connectivity index (χ1n) is 11.7. The molecule has 2 heterocycles. The Morgan fingerprint density at radius 2 is 2.03 bits per heavy atom. The molecule has 3 unspecified atom stereocenters. The number of rotatable bonds is 7. The van der Waals surface area contributed by atoms with Crippen molar-refractivity contribution in [2.24, 2.45) is 22.7 Å². The Balaban J connectivity index is 1.51. The first-order chi connectivity index (χ1) is 15.5. The third-order valence-electron chi connectivity index (χ3n) is 6.87. The van der Waals surface area contributed by atoms with Gasteiger partial charge in [0.1, 0.15) is 5.69 Å². The lowest BCUT2D eigenvalue weighted by molar-refractivity contribution is -0.140. The molecule has 3 N–H and O–H groups in total. The van der Waals surface area contributed by atoms with Crippen LogP contribution in [0.25, 0.3) is 0 Å². The van der Waals surface area contributed by atoms with Gasteiger partial charge in [-0.05, 0) is 68.4 Å². The molecule has 4 rings (SSSR count). The van der Waals surface area contributed by atoms with E-state index in [1.165, 1.54) is 0 Å². The van der Waals surface area contributed by atoms with Crippen LogP contribution in [0.15, 0.2) is 50.0 Å². The van der Waals surface area contributed by atoms with Gasteiger partial charge in [-0.2, -0.15) is 0 Å². The highest BCUT2D eigenvalue weighted by Crippen LogP contribution is 2.36. The summed E-state index contributed by atoms with van der Waals surface area (Å²) >= 11 is 0. The number of aliphatic imine (C=N–C) groups is 1. The third kappa shape index (κ3) is 4.61. The predicted octanol–water partition coefficient (Wildman–Crippen LogP) is 4.20. The normalized spacial score (nSPS) is 24.9. The highest BCUT2D eigenvalue weighted by molar-refractivity contribution is 5.91. The van der Waals surface area contributed by atoms with Crippen molar-refractivity contribution in [1.82, 2.24) is 10.2 Å². The molecule has 0 fully saturated rings. The molecule has 3 aliphatic rings. The molecule has 0 aromatic carbocycles. The molecule has 3 atom stereocenters. The highest BCUT2D eigenvalue weighted by atomic mass is 16.4. The minimum Gasteiger partial charge on any atom is -0.481 e. The van der Waals surface area contributed by atoms with Gasteiger partial charge in [0.25, 0.3) is 11.1 Å². The molecule has 0 spiro atoms. The molecule has 0 radical (unpaired) electrons. The van der Waals surface area contributed by atoms with Gasteiger partial charge in [0, 0.05) is 11.6 Å². The van der Waals surface area contributed by atoms with Crippen molar-refractivity contribution in [3.05, 3.63) is 61.7 Å². The van der Waals surface area contributed by atoms with E-state index in [4.69, 9.17) is 0 Å². The number of carboxylic acid groups (broad SMARTS) is 1. The highest BCUT2D eigenvalue weighted by Gasteiger charge is 2.30. The zero-order chi connectivity index (χ0) is 22.7. The number of carboxylic acids is 1. The van der Waals surface area contributed by atoms with E-state index in [-0.39, 0.29) is 22.7 Å². The molecule has 32 heavy (non-hydrogen) atoms. The summed E-state index contributed by atoms with van der Waals surface area (Å²) < 4.78 is 0. The summed E-state index contributed by atoms with van der Waals surface area (Å²) in [7, 11) is 0. The summed E-state index contributed by atoms with van der Waals surface area (Å²) in [5, 5.41) is 14.4. The van der Waals surface area contributed by atoms with Crippen LogP contribution in [0, 0.1) is 17.8 Å². The fourth-order valence-electron chi connectivity index (χ4n) is 5.11. The molecular formula is C25H31N3O4. The van der Waals surface area contributed by atoms with Crippen molar-refractivity contribution in [2.45, 2.75) is 64.7 Å².